The molecule has 1 aliphatic rings. The molecule has 9 heteroatoms. The third kappa shape index (κ3) is 5.09. The number of fused-ring (bicyclic) bond motifs is 1. The lowest BCUT2D eigenvalue weighted by atomic mass is 9.96. The predicted molar refractivity (Wildman–Crippen MR) is 123 cm³/mol. The first kappa shape index (κ1) is 23.0. The molecule has 0 spiro atoms. The van der Waals surface area contributed by atoms with Gasteiger partial charge in [0.2, 0.25) is 15.8 Å². The van der Waals surface area contributed by atoms with E-state index < -0.39 is 28.5 Å². The third-order valence-electron chi connectivity index (χ3n) is 5.87. The molecule has 1 aliphatic carbocycles. The van der Waals surface area contributed by atoms with Crippen LogP contribution in [0.4, 0.5) is 5.69 Å². The number of esters is 1. The highest BCUT2D eigenvalue weighted by atomic mass is 32.2. The Kier molecular flexibility index (Phi) is 6.80. The largest absolute Gasteiger partial charge is 0.450 e. The summed E-state index contributed by atoms with van der Waals surface area (Å²) in [6, 6.07) is 14.8. The summed E-state index contributed by atoms with van der Waals surface area (Å²) in [5, 5.41) is 3.30. The molecule has 1 saturated carbocycles. The lowest BCUT2D eigenvalue weighted by molar-refractivity contribution is -0.119. The van der Waals surface area contributed by atoms with Crippen molar-refractivity contribution in [1.29, 1.82) is 0 Å². The molecule has 1 heterocycles. The maximum atomic E-state index is 13.2. The van der Waals surface area contributed by atoms with Crippen LogP contribution in [0.1, 0.15) is 42.7 Å². The maximum Gasteiger partial charge on any atom is 0.374 e. The number of nitrogens with zero attached hydrogens (tertiary/aromatic N) is 1. The number of para-hydroxylation sites is 2. The molecule has 1 aromatic heterocycles. The smallest absolute Gasteiger partial charge is 0.374 e. The number of carbonyl (C=O) groups excluding carboxylic acids is 2. The highest BCUT2D eigenvalue weighted by Gasteiger charge is 2.31. The van der Waals surface area contributed by atoms with Gasteiger partial charge in [-0.25, -0.2) is 13.2 Å². The summed E-state index contributed by atoms with van der Waals surface area (Å²) in [5.41, 5.74) is 0.681. The fraction of sp³-hybridized carbons (Fsp3) is 0.333. The van der Waals surface area contributed by atoms with Gasteiger partial charge in [0.05, 0.1) is 5.69 Å². The van der Waals surface area contributed by atoms with Gasteiger partial charge in [0.15, 0.2) is 6.61 Å². The fourth-order valence-corrected chi connectivity index (χ4v) is 5.62. The summed E-state index contributed by atoms with van der Waals surface area (Å²) in [7, 11) is -2.23. The van der Waals surface area contributed by atoms with E-state index in [9.17, 15) is 18.0 Å². The van der Waals surface area contributed by atoms with E-state index in [1.807, 2.05) is 6.07 Å². The summed E-state index contributed by atoms with van der Waals surface area (Å²) < 4.78 is 38.4. The molecule has 0 radical (unpaired) electrons. The van der Waals surface area contributed by atoms with Crippen molar-refractivity contribution in [3.8, 4) is 0 Å². The summed E-state index contributed by atoms with van der Waals surface area (Å²) in [6.45, 7) is -0.581. The fourth-order valence-electron chi connectivity index (χ4n) is 4.06. The van der Waals surface area contributed by atoms with Crippen LogP contribution >= 0.6 is 0 Å². The molecular weight excluding hydrogens is 444 g/mol. The Labute approximate surface area is 192 Å². The molecule has 1 N–H and O–H groups in total. The van der Waals surface area contributed by atoms with E-state index >= 15 is 0 Å². The zero-order chi connectivity index (χ0) is 23.4. The summed E-state index contributed by atoms with van der Waals surface area (Å²) in [4.78, 5) is 24.7. The van der Waals surface area contributed by atoms with Gasteiger partial charge in [0, 0.05) is 18.5 Å². The second-order valence-corrected chi connectivity index (χ2v) is 10.0. The number of ether oxygens (including phenoxy) is 1. The van der Waals surface area contributed by atoms with Gasteiger partial charge in [-0.1, -0.05) is 49.6 Å². The number of anilines is 1. The zero-order valence-corrected chi connectivity index (χ0v) is 19.1. The van der Waals surface area contributed by atoms with Gasteiger partial charge in [-0.2, -0.15) is 4.31 Å². The van der Waals surface area contributed by atoms with Crippen LogP contribution in [0.3, 0.4) is 0 Å². The minimum absolute atomic E-state index is 0.00929. The first-order valence-electron chi connectivity index (χ1n) is 10.9. The van der Waals surface area contributed by atoms with Crippen LogP contribution in [0.25, 0.3) is 11.0 Å². The molecule has 0 bridgehead atoms. The topological polar surface area (TPSA) is 106 Å². The average Bonchev–Trinajstić information content (AvgIpc) is 3.27. The van der Waals surface area contributed by atoms with Crippen LogP contribution in [-0.2, 0) is 19.6 Å². The van der Waals surface area contributed by atoms with Gasteiger partial charge in [0.25, 0.3) is 5.91 Å². The molecule has 0 unspecified atom stereocenters. The van der Waals surface area contributed by atoms with E-state index in [2.05, 4.69) is 5.32 Å². The number of furan rings is 1. The van der Waals surface area contributed by atoms with Crippen molar-refractivity contribution < 1.29 is 27.2 Å². The van der Waals surface area contributed by atoms with E-state index in [1.54, 1.807) is 43.4 Å². The number of amides is 1. The number of sulfonamides is 1. The number of rotatable bonds is 7. The Bertz CT molecular complexity index is 1230. The van der Waals surface area contributed by atoms with E-state index in [4.69, 9.17) is 9.15 Å². The highest BCUT2D eigenvalue weighted by Crippen LogP contribution is 2.29. The molecule has 2 aromatic carbocycles. The number of hydrogen-bond acceptors (Lipinski definition) is 6. The Hall–Kier alpha value is -3.17. The molecule has 4 rings (SSSR count). The molecule has 8 nitrogen and oxygen atoms in total. The van der Waals surface area contributed by atoms with E-state index in [1.165, 1.54) is 16.4 Å². The van der Waals surface area contributed by atoms with Crippen LogP contribution in [0.5, 0.6) is 0 Å². The summed E-state index contributed by atoms with van der Waals surface area (Å²) in [6.07, 6.45) is 4.76. The van der Waals surface area contributed by atoms with Crippen molar-refractivity contribution in [2.45, 2.75) is 43.0 Å². The second kappa shape index (κ2) is 9.76. The number of benzene rings is 2. The van der Waals surface area contributed by atoms with Crippen LogP contribution in [0.15, 0.2) is 63.9 Å². The predicted octanol–water partition coefficient (Wildman–Crippen LogP) is 4.18. The standard InChI is InChI=1S/C24H26N2O6S/c1-26(18-10-3-2-4-11-18)33(29,30)22-14-8-6-12-19(22)25-23(27)16-31-24(28)21-15-17-9-5-7-13-20(17)32-21/h5-9,12-15,18H,2-4,10-11,16H2,1H3,(H,25,27). The van der Waals surface area contributed by atoms with Crippen LogP contribution in [-0.4, -0.2) is 44.3 Å². The van der Waals surface area contributed by atoms with Gasteiger partial charge < -0.3 is 14.5 Å². The molecule has 0 aliphatic heterocycles. The van der Waals surface area contributed by atoms with Gasteiger partial charge in [-0.3, -0.25) is 4.79 Å². The van der Waals surface area contributed by atoms with Gasteiger partial charge in [-0.05, 0) is 37.1 Å². The molecule has 1 amide bonds. The van der Waals surface area contributed by atoms with Crippen molar-refractivity contribution in [3.63, 3.8) is 0 Å². The molecular formula is C24H26N2O6S. The third-order valence-corrected chi connectivity index (χ3v) is 7.84. The molecule has 174 valence electrons. The first-order valence-corrected chi connectivity index (χ1v) is 12.3. The zero-order valence-electron chi connectivity index (χ0n) is 18.3. The van der Waals surface area contributed by atoms with E-state index in [0.717, 1.165) is 37.5 Å². The number of carbonyl (C=O) groups is 2. The molecule has 1 fully saturated rings. The highest BCUT2D eigenvalue weighted by molar-refractivity contribution is 7.89. The van der Waals surface area contributed by atoms with Crippen molar-refractivity contribution in [2.24, 2.45) is 0 Å². The van der Waals surface area contributed by atoms with Crippen molar-refractivity contribution in [3.05, 3.63) is 60.4 Å². The van der Waals surface area contributed by atoms with Crippen molar-refractivity contribution in [2.75, 3.05) is 19.0 Å². The molecule has 33 heavy (non-hydrogen) atoms. The first-order chi connectivity index (χ1) is 15.9. The van der Waals surface area contributed by atoms with E-state index in [0.29, 0.717) is 5.58 Å². The maximum absolute atomic E-state index is 13.2. The van der Waals surface area contributed by atoms with Crippen molar-refractivity contribution >= 4 is 38.6 Å². The molecule has 0 saturated heterocycles. The minimum atomic E-state index is -3.81. The van der Waals surface area contributed by atoms with Gasteiger partial charge >= 0.3 is 5.97 Å². The Morgan fingerprint density at radius 3 is 2.52 bits per heavy atom. The Morgan fingerprint density at radius 1 is 1.06 bits per heavy atom. The number of nitrogens with one attached hydrogen (secondary N) is 1. The summed E-state index contributed by atoms with van der Waals surface area (Å²) in [5.74, 6) is -1.44. The monoisotopic (exact) mass is 470 g/mol. The van der Waals surface area contributed by atoms with Gasteiger partial charge in [-0.15, -0.1) is 0 Å². The average molecular weight is 471 g/mol. The van der Waals surface area contributed by atoms with E-state index in [-0.39, 0.29) is 22.4 Å². The minimum Gasteiger partial charge on any atom is -0.450 e. The van der Waals surface area contributed by atoms with Crippen LogP contribution < -0.4 is 5.32 Å². The quantitative estimate of drug-likeness (QED) is 0.519. The number of hydrogen-bond donors (Lipinski definition) is 1. The lowest BCUT2D eigenvalue weighted by Crippen LogP contribution is -2.38. The Balaban J connectivity index is 1.42. The van der Waals surface area contributed by atoms with Gasteiger partial charge in [0.1, 0.15) is 10.5 Å². The van der Waals surface area contributed by atoms with Crippen LogP contribution in [0.2, 0.25) is 0 Å². The van der Waals surface area contributed by atoms with Crippen LogP contribution in [0, 0.1) is 0 Å². The molecule has 3 aromatic rings. The SMILES string of the molecule is CN(C1CCCCC1)S(=O)(=O)c1ccccc1NC(=O)COC(=O)c1cc2ccccc2o1. The molecule has 0 atom stereocenters. The second-order valence-electron chi connectivity index (χ2n) is 8.08. The van der Waals surface area contributed by atoms with Crippen molar-refractivity contribution in [1.82, 2.24) is 4.31 Å². The normalized spacial score (nSPS) is 15.0. The Morgan fingerprint density at radius 2 is 1.76 bits per heavy atom. The lowest BCUT2D eigenvalue weighted by Gasteiger charge is -2.30. The summed E-state index contributed by atoms with van der Waals surface area (Å²) >= 11 is 0.